The molecule has 0 aromatic carbocycles. The summed E-state index contributed by atoms with van der Waals surface area (Å²) < 4.78 is 15.6. The van der Waals surface area contributed by atoms with Crippen LogP contribution in [0.4, 0.5) is 10.2 Å². The normalized spacial score (nSPS) is 15.3. The third-order valence-corrected chi connectivity index (χ3v) is 6.09. The van der Waals surface area contributed by atoms with Crippen molar-refractivity contribution in [3.63, 3.8) is 0 Å². The molecule has 2 aliphatic carbocycles. The molecule has 0 saturated heterocycles. The molecule has 0 aliphatic heterocycles. The van der Waals surface area contributed by atoms with Crippen molar-refractivity contribution in [1.82, 2.24) is 20.1 Å². The molecule has 1 atom stereocenters. The number of nitrogens with zero attached hydrogens (tertiary/aromatic N) is 3. The molecule has 0 spiro atoms. The third-order valence-electron chi connectivity index (χ3n) is 6.09. The van der Waals surface area contributed by atoms with Crippen LogP contribution in [0.15, 0.2) is 24.4 Å². The lowest BCUT2D eigenvalue weighted by Gasteiger charge is -2.27. The van der Waals surface area contributed by atoms with Gasteiger partial charge in [0.25, 0.3) is 5.91 Å². The van der Waals surface area contributed by atoms with Gasteiger partial charge in [-0.1, -0.05) is 33.8 Å². The number of halogens is 1. The second-order valence-corrected chi connectivity index (χ2v) is 8.90. The van der Waals surface area contributed by atoms with Crippen molar-refractivity contribution in [2.45, 2.75) is 79.3 Å². The van der Waals surface area contributed by atoms with Crippen molar-refractivity contribution < 1.29 is 24.0 Å². The summed E-state index contributed by atoms with van der Waals surface area (Å²) in [6.07, 6.45) is 5.61. The van der Waals surface area contributed by atoms with Gasteiger partial charge >= 0.3 is 7.12 Å². The van der Waals surface area contributed by atoms with E-state index in [1.807, 2.05) is 41.5 Å². The largest absolute Gasteiger partial charge is 0.493 e. The maximum absolute atomic E-state index is 14.0. The lowest BCUT2D eigenvalue weighted by atomic mass is 9.81. The Morgan fingerprint density at radius 2 is 1.64 bits per heavy atom. The van der Waals surface area contributed by atoms with Crippen LogP contribution in [-0.4, -0.2) is 49.8 Å². The fraction of sp³-hybridized carbons (Fsp3) is 0.600. The molecule has 2 fully saturated rings. The van der Waals surface area contributed by atoms with Crippen molar-refractivity contribution in [3.8, 4) is 0 Å². The van der Waals surface area contributed by atoms with Gasteiger partial charge in [0.2, 0.25) is 11.9 Å². The van der Waals surface area contributed by atoms with Crippen LogP contribution in [0.25, 0.3) is 0 Å². The molecular formula is C25H39BFN5O4. The van der Waals surface area contributed by atoms with Crippen LogP contribution in [0.1, 0.15) is 83.8 Å². The number of aromatic nitrogens is 3. The molecule has 0 radical (unpaired) electrons. The lowest BCUT2D eigenvalue weighted by Crippen LogP contribution is -2.50. The highest BCUT2D eigenvalue weighted by Crippen LogP contribution is 2.50. The van der Waals surface area contributed by atoms with Crippen molar-refractivity contribution >= 4 is 30.2 Å². The lowest BCUT2D eigenvalue weighted by molar-refractivity contribution is -0.119. The Kier molecular flexibility index (Phi) is 11.0. The molecular weight excluding hydrogens is 464 g/mol. The van der Waals surface area contributed by atoms with Crippen LogP contribution >= 0.6 is 0 Å². The monoisotopic (exact) mass is 503 g/mol. The molecule has 4 rings (SSSR count). The average Bonchev–Trinajstić information content (AvgIpc) is 3.80. The Labute approximate surface area is 213 Å². The summed E-state index contributed by atoms with van der Waals surface area (Å²) in [6, 6.07) is 3.24. The smallest absolute Gasteiger partial charge is 0.423 e. The molecule has 2 aromatic rings. The first-order valence-corrected chi connectivity index (χ1v) is 12.9. The zero-order chi connectivity index (χ0) is 27.0. The van der Waals surface area contributed by atoms with Crippen molar-refractivity contribution in [3.05, 3.63) is 36.0 Å². The van der Waals surface area contributed by atoms with E-state index in [-0.39, 0.29) is 29.1 Å². The van der Waals surface area contributed by atoms with E-state index >= 15 is 0 Å². The Morgan fingerprint density at radius 3 is 2.11 bits per heavy atom. The average molecular weight is 503 g/mol. The van der Waals surface area contributed by atoms with Crippen LogP contribution in [0.2, 0.25) is 0 Å². The predicted molar refractivity (Wildman–Crippen MR) is 138 cm³/mol. The number of nitrogens with one attached hydrogen (secondary N) is 2. The minimum atomic E-state index is -2.00. The third kappa shape index (κ3) is 7.36. The second kappa shape index (κ2) is 13.5. The zero-order valence-electron chi connectivity index (χ0n) is 22.0. The van der Waals surface area contributed by atoms with Gasteiger partial charge in [0.15, 0.2) is 0 Å². The number of carbonyl (C=O) groups is 2. The standard InChI is InChI=1S/C21H27BFN5O4.2C2H6/c1-11(2)28-15(9-10-24-28)20(29)27-18(17(12-3-4-12)13-5-6-13)21(30)26-16-8-7-14(22(31)32)19(23)25-16;2*1-2/h7-13,17-18,31-32H,3-6H2,1-2H3,(H,27,29)(H,25,26,30);2*1-2H3. The summed E-state index contributed by atoms with van der Waals surface area (Å²) in [5.41, 5.74) is -0.0164. The van der Waals surface area contributed by atoms with Crippen LogP contribution in [0, 0.1) is 23.7 Å². The van der Waals surface area contributed by atoms with E-state index < -0.39 is 25.0 Å². The van der Waals surface area contributed by atoms with E-state index in [9.17, 15) is 14.0 Å². The van der Waals surface area contributed by atoms with Crippen LogP contribution in [0.5, 0.6) is 0 Å². The van der Waals surface area contributed by atoms with Gasteiger partial charge < -0.3 is 20.7 Å². The highest BCUT2D eigenvalue weighted by atomic mass is 19.1. The van der Waals surface area contributed by atoms with E-state index in [1.54, 1.807) is 16.9 Å². The van der Waals surface area contributed by atoms with E-state index in [0.717, 1.165) is 31.7 Å². The van der Waals surface area contributed by atoms with Crippen LogP contribution < -0.4 is 16.1 Å². The van der Waals surface area contributed by atoms with E-state index in [1.165, 1.54) is 6.07 Å². The molecule has 2 amide bonds. The topological polar surface area (TPSA) is 129 Å². The van der Waals surface area contributed by atoms with E-state index in [4.69, 9.17) is 10.0 Å². The predicted octanol–water partition coefficient (Wildman–Crippen LogP) is 2.90. The molecule has 198 valence electrons. The van der Waals surface area contributed by atoms with Crippen LogP contribution in [0.3, 0.4) is 0 Å². The molecule has 2 heterocycles. The molecule has 1 unspecified atom stereocenters. The highest BCUT2D eigenvalue weighted by Gasteiger charge is 2.48. The van der Waals surface area contributed by atoms with Gasteiger partial charge in [0.1, 0.15) is 17.6 Å². The fourth-order valence-corrected chi connectivity index (χ4v) is 4.26. The van der Waals surface area contributed by atoms with Gasteiger partial charge in [0.05, 0.1) is 0 Å². The van der Waals surface area contributed by atoms with Crippen molar-refractivity contribution in [1.29, 1.82) is 0 Å². The van der Waals surface area contributed by atoms with Gasteiger partial charge in [-0.3, -0.25) is 14.3 Å². The maximum Gasteiger partial charge on any atom is 0.493 e. The van der Waals surface area contributed by atoms with Crippen LogP contribution in [-0.2, 0) is 4.79 Å². The summed E-state index contributed by atoms with van der Waals surface area (Å²) >= 11 is 0. The van der Waals surface area contributed by atoms with Gasteiger partial charge in [0, 0.05) is 17.7 Å². The summed E-state index contributed by atoms with van der Waals surface area (Å²) in [5, 5.41) is 28.0. The first-order chi connectivity index (χ1) is 17.3. The second-order valence-electron chi connectivity index (χ2n) is 8.90. The molecule has 9 nitrogen and oxygen atoms in total. The molecule has 4 N–H and O–H groups in total. The van der Waals surface area contributed by atoms with E-state index in [0.29, 0.717) is 17.5 Å². The molecule has 36 heavy (non-hydrogen) atoms. The Balaban J connectivity index is 0.00000109. The fourth-order valence-electron chi connectivity index (χ4n) is 4.26. The Hall–Kier alpha value is -2.79. The molecule has 11 heteroatoms. The first kappa shape index (κ1) is 29.4. The molecule has 2 saturated carbocycles. The minimum absolute atomic E-state index is 0.00208. The number of hydrogen-bond donors (Lipinski definition) is 4. The molecule has 0 bridgehead atoms. The number of pyridine rings is 1. The summed E-state index contributed by atoms with van der Waals surface area (Å²) in [5.74, 6) is -1.27. The Morgan fingerprint density at radius 1 is 1.06 bits per heavy atom. The number of carbonyl (C=O) groups excluding carboxylic acids is 2. The first-order valence-electron chi connectivity index (χ1n) is 12.9. The summed E-state index contributed by atoms with van der Waals surface area (Å²) in [6.45, 7) is 11.8. The maximum atomic E-state index is 14.0. The van der Waals surface area contributed by atoms with E-state index in [2.05, 4.69) is 20.7 Å². The molecule has 2 aromatic heterocycles. The van der Waals surface area contributed by atoms with Crippen molar-refractivity contribution in [2.24, 2.45) is 17.8 Å². The van der Waals surface area contributed by atoms with Gasteiger partial charge in [-0.25, -0.2) is 4.98 Å². The number of amides is 2. The number of anilines is 1. The van der Waals surface area contributed by atoms with Gasteiger partial charge in [-0.05, 0) is 69.4 Å². The Bertz CT molecular complexity index is 996. The minimum Gasteiger partial charge on any atom is -0.423 e. The molecule has 2 aliphatic rings. The summed E-state index contributed by atoms with van der Waals surface area (Å²) in [7, 11) is -2.00. The van der Waals surface area contributed by atoms with Crippen molar-refractivity contribution in [2.75, 3.05) is 5.32 Å². The highest BCUT2D eigenvalue weighted by molar-refractivity contribution is 6.58. The van der Waals surface area contributed by atoms with Gasteiger partial charge in [-0.15, -0.1) is 0 Å². The number of hydrogen-bond acceptors (Lipinski definition) is 6. The SMILES string of the molecule is CC.CC.CC(C)n1nccc1C(=O)NC(C(=O)Nc1ccc(B(O)O)c(F)n1)C(C1CC1)C1CC1. The number of rotatable bonds is 9. The quantitative estimate of drug-likeness (QED) is 0.308. The summed E-state index contributed by atoms with van der Waals surface area (Å²) in [4.78, 5) is 30.0. The van der Waals surface area contributed by atoms with Gasteiger partial charge in [-0.2, -0.15) is 9.49 Å². The zero-order valence-corrected chi connectivity index (χ0v) is 22.0.